The van der Waals surface area contributed by atoms with Gasteiger partial charge in [0.1, 0.15) is 0 Å². The van der Waals surface area contributed by atoms with E-state index in [0.29, 0.717) is 11.4 Å². The van der Waals surface area contributed by atoms with E-state index in [1.807, 2.05) is 0 Å². The molecule has 0 aliphatic rings. The Balaban J connectivity index is 3.24. The molecule has 0 N–H and O–H groups in total. The van der Waals surface area contributed by atoms with Gasteiger partial charge in [-0.25, -0.2) is 17.6 Å². The van der Waals surface area contributed by atoms with Crippen molar-refractivity contribution in [2.24, 2.45) is 0 Å². The average molecular weight is 257 g/mol. The van der Waals surface area contributed by atoms with Crippen LogP contribution >= 0.6 is 15.9 Å². The van der Waals surface area contributed by atoms with Crippen molar-refractivity contribution < 1.29 is 17.6 Å². The van der Waals surface area contributed by atoms with Gasteiger partial charge >= 0.3 is 0 Å². The fraction of sp³-hybridized carbons (Fsp3) is 0.250. The van der Waals surface area contributed by atoms with Crippen LogP contribution in [-0.2, 0) is 6.42 Å². The molecule has 1 rings (SSSR count). The molecular weight excluding hydrogens is 252 g/mol. The maximum atomic E-state index is 12.8. The summed E-state index contributed by atoms with van der Waals surface area (Å²) in [7, 11) is 0. The smallest absolute Gasteiger partial charge is 0.197 e. The molecule has 0 saturated carbocycles. The zero-order valence-corrected chi connectivity index (χ0v) is 7.97. The van der Waals surface area contributed by atoms with E-state index in [1.165, 1.54) is 0 Å². The van der Waals surface area contributed by atoms with Gasteiger partial charge in [-0.1, -0.05) is 15.9 Å². The molecule has 0 bridgehead atoms. The summed E-state index contributed by atoms with van der Waals surface area (Å²) in [5, 5.41) is 0.356. The predicted octanol–water partition coefficient (Wildman–Crippen LogP) is 3.18. The minimum atomic E-state index is -1.77. The normalized spacial score (nSPS) is 10.5. The van der Waals surface area contributed by atoms with Gasteiger partial charge in [0.05, 0.1) is 0 Å². The van der Waals surface area contributed by atoms with E-state index in [1.54, 1.807) is 0 Å². The first kappa shape index (κ1) is 10.5. The summed E-state index contributed by atoms with van der Waals surface area (Å²) in [6.07, 6.45) is 0.111. The van der Waals surface area contributed by atoms with Crippen LogP contribution in [0.5, 0.6) is 0 Å². The summed E-state index contributed by atoms with van der Waals surface area (Å²) < 4.78 is 50.4. The summed E-state index contributed by atoms with van der Waals surface area (Å²) in [6.45, 7) is 0. The first-order chi connectivity index (χ1) is 6.07. The molecule has 0 nitrogen and oxygen atoms in total. The quantitative estimate of drug-likeness (QED) is 0.330. The Labute approximate surface area is 80.7 Å². The summed E-state index contributed by atoms with van der Waals surface area (Å²) in [5.74, 6) is -6.21. The van der Waals surface area contributed by atoms with Gasteiger partial charge < -0.3 is 0 Å². The number of alkyl halides is 1. The Morgan fingerprint density at radius 1 is 1.00 bits per heavy atom. The van der Waals surface area contributed by atoms with E-state index >= 15 is 0 Å². The molecule has 0 aliphatic heterocycles. The van der Waals surface area contributed by atoms with Crippen molar-refractivity contribution in [3.63, 3.8) is 0 Å². The summed E-state index contributed by atoms with van der Waals surface area (Å²) in [5.41, 5.74) is -0.173. The molecule has 0 unspecified atom stereocenters. The van der Waals surface area contributed by atoms with Gasteiger partial charge in [-0.05, 0) is 18.1 Å². The van der Waals surface area contributed by atoms with Crippen molar-refractivity contribution in [2.75, 3.05) is 5.33 Å². The van der Waals surface area contributed by atoms with Crippen LogP contribution in [-0.4, -0.2) is 5.33 Å². The lowest BCUT2D eigenvalue weighted by molar-refractivity contribution is 0.404. The third-order valence-electron chi connectivity index (χ3n) is 1.54. The molecular formula is C8H5BrF4. The average Bonchev–Trinajstić information content (AvgIpc) is 2.11. The van der Waals surface area contributed by atoms with E-state index in [-0.39, 0.29) is 12.0 Å². The second kappa shape index (κ2) is 4.09. The molecule has 0 saturated heterocycles. The summed E-state index contributed by atoms with van der Waals surface area (Å²) >= 11 is 2.98. The third kappa shape index (κ3) is 2.02. The van der Waals surface area contributed by atoms with Crippen molar-refractivity contribution in [1.82, 2.24) is 0 Å². The molecule has 1 aromatic carbocycles. The van der Waals surface area contributed by atoms with E-state index in [0.717, 1.165) is 0 Å². The fourth-order valence-corrected chi connectivity index (χ4v) is 1.33. The molecule has 0 heterocycles. The van der Waals surface area contributed by atoms with E-state index in [4.69, 9.17) is 0 Å². The largest absolute Gasteiger partial charge is 0.204 e. The van der Waals surface area contributed by atoms with Crippen LogP contribution in [0.4, 0.5) is 17.6 Å². The standard InChI is InChI=1S/C8H5BrF4/c9-2-1-4-3-5(10)7(12)8(13)6(4)11/h3H,1-2H2. The van der Waals surface area contributed by atoms with E-state index < -0.39 is 23.3 Å². The van der Waals surface area contributed by atoms with Crippen LogP contribution < -0.4 is 0 Å². The molecule has 0 fully saturated rings. The zero-order valence-electron chi connectivity index (χ0n) is 6.38. The molecule has 5 heteroatoms. The first-order valence-electron chi connectivity index (χ1n) is 3.45. The van der Waals surface area contributed by atoms with Gasteiger partial charge in [0, 0.05) is 5.33 Å². The third-order valence-corrected chi connectivity index (χ3v) is 1.94. The number of aryl methyl sites for hydroxylation is 1. The monoisotopic (exact) mass is 256 g/mol. The minimum Gasteiger partial charge on any atom is -0.204 e. The Hall–Kier alpha value is -0.580. The van der Waals surface area contributed by atoms with Crippen molar-refractivity contribution in [3.8, 4) is 0 Å². The lowest BCUT2D eigenvalue weighted by atomic mass is 10.1. The molecule has 0 aromatic heterocycles. The molecule has 0 spiro atoms. The number of hydrogen-bond acceptors (Lipinski definition) is 0. The molecule has 0 radical (unpaired) electrons. The minimum absolute atomic E-state index is 0.111. The van der Waals surface area contributed by atoms with Gasteiger partial charge in [-0.3, -0.25) is 0 Å². The SMILES string of the molecule is Fc1cc(CCBr)c(F)c(F)c1F. The van der Waals surface area contributed by atoms with Crippen molar-refractivity contribution in [2.45, 2.75) is 6.42 Å². The summed E-state index contributed by atoms with van der Waals surface area (Å²) in [6, 6.07) is 0.662. The number of halogens is 5. The topological polar surface area (TPSA) is 0 Å². The van der Waals surface area contributed by atoms with Crippen LogP contribution in [0.15, 0.2) is 6.07 Å². The van der Waals surface area contributed by atoms with Crippen molar-refractivity contribution >= 4 is 15.9 Å². The fourth-order valence-electron chi connectivity index (χ4n) is 0.906. The number of benzene rings is 1. The zero-order chi connectivity index (χ0) is 10.0. The van der Waals surface area contributed by atoms with E-state index in [9.17, 15) is 17.6 Å². The highest BCUT2D eigenvalue weighted by atomic mass is 79.9. The van der Waals surface area contributed by atoms with Crippen LogP contribution in [0.25, 0.3) is 0 Å². The van der Waals surface area contributed by atoms with E-state index in [2.05, 4.69) is 15.9 Å². The molecule has 1 aromatic rings. The van der Waals surface area contributed by atoms with Gasteiger partial charge in [-0.2, -0.15) is 0 Å². The molecule has 0 aliphatic carbocycles. The lowest BCUT2D eigenvalue weighted by Gasteiger charge is -2.03. The second-order valence-electron chi connectivity index (χ2n) is 2.40. The Morgan fingerprint density at radius 2 is 1.62 bits per heavy atom. The molecule has 13 heavy (non-hydrogen) atoms. The van der Waals surface area contributed by atoms with Gasteiger partial charge in [0.25, 0.3) is 0 Å². The maximum Gasteiger partial charge on any atom is 0.197 e. The Bertz CT molecular complexity index is 324. The lowest BCUT2D eigenvalue weighted by Crippen LogP contribution is -2.01. The van der Waals surface area contributed by atoms with Crippen molar-refractivity contribution in [1.29, 1.82) is 0 Å². The Morgan fingerprint density at radius 3 is 2.15 bits per heavy atom. The number of hydrogen-bond donors (Lipinski definition) is 0. The van der Waals surface area contributed by atoms with Gasteiger partial charge in [0.15, 0.2) is 23.3 Å². The summed E-state index contributed by atoms with van der Waals surface area (Å²) in [4.78, 5) is 0. The van der Waals surface area contributed by atoms with Crippen LogP contribution in [0.2, 0.25) is 0 Å². The second-order valence-corrected chi connectivity index (χ2v) is 3.19. The van der Waals surface area contributed by atoms with Crippen molar-refractivity contribution in [3.05, 3.63) is 34.9 Å². The van der Waals surface area contributed by atoms with Gasteiger partial charge in [-0.15, -0.1) is 0 Å². The highest BCUT2D eigenvalue weighted by Gasteiger charge is 2.17. The van der Waals surface area contributed by atoms with Crippen LogP contribution in [0.3, 0.4) is 0 Å². The highest BCUT2D eigenvalue weighted by Crippen LogP contribution is 2.19. The molecule has 0 atom stereocenters. The van der Waals surface area contributed by atoms with Crippen LogP contribution in [0.1, 0.15) is 5.56 Å². The van der Waals surface area contributed by atoms with Crippen LogP contribution in [0, 0.1) is 23.3 Å². The molecule has 0 amide bonds. The number of rotatable bonds is 2. The van der Waals surface area contributed by atoms with Gasteiger partial charge in [0.2, 0.25) is 0 Å². The Kier molecular flexibility index (Phi) is 3.30. The first-order valence-corrected chi connectivity index (χ1v) is 4.58. The predicted molar refractivity (Wildman–Crippen MR) is 43.8 cm³/mol. The molecule has 72 valence electrons. The maximum absolute atomic E-state index is 12.8. The highest BCUT2D eigenvalue weighted by molar-refractivity contribution is 9.09.